The van der Waals surface area contributed by atoms with Gasteiger partial charge in [0.15, 0.2) is 0 Å². The number of benzene rings is 4. The maximum atomic E-state index is 14.7. The molecule has 0 atom stereocenters. The maximum absolute atomic E-state index is 14.7. The molecule has 166 valence electrons. The Labute approximate surface area is 205 Å². The van der Waals surface area contributed by atoms with Gasteiger partial charge in [0.2, 0.25) is 0 Å². The molecule has 0 bridgehead atoms. The molecule has 0 unspecified atom stereocenters. The summed E-state index contributed by atoms with van der Waals surface area (Å²) >= 11 is 0. The molecule has 0 aliphatic heterocycles. The molecule has 0 amide bonds. The summed E-state index contributed by atoms with van der Waals surface area (Å²) in [5, 5.41) is 39.1. The van der Waals surface area contributed by atoms with E-state index < -0.39 is 11.6 Å². The Kier molecular flexibility index (Phi) is 5.35. The van der Waals surface area contributed by atoms with Gasteiger partial charge in [-0.1, -0.05) is 36.4 Å². The van der Waals surface area contributed by atoms with Crippen molar-refractivity contribution in [3.63, 3.8) is 0 Å². The van der Waals surface area contributed by atoms with Crippen molar-refractivity contribution >= 4 is 5.57 Å². The largest absolute Gasteiger partial charge is 0.206 e. The van der Waals surface area contributed by atoms with Crippen LogP contribution in [-0.4, -0.2) is 0 Å². The highest BCUT2D eigenvalue weighted by molar-refractivity contribution is 6.07. The van der Waals surface area contributed by atoms with Crippen molar-refractivity contribution in [3.05, 3.63) is 112 Å². The zero-order chi connectivity index (χ0) is 25.4. The number of rotatable bonds is 2. The third kappa shape index (κ3) is 3.31. The summed E-state index contributed by atoms with van der Waals surface area (Å²) < 4.78 is 29.4. The Morgan fingerprint density at radius 1 is 0.500 bits per heavy atom. The predicted octanol–water partition coefficient (Wildman–Crippen LogP) is 6.87. The predicted molar refractivity (Wildman–Crippen MR) is 129 cm³/mol. The summed E-state index contributed by atoms with van der Waals surface area (Å²) in [5.41, 5.74) is 3.50. The van der Waals surface area contributed by atoms with Crippen LogP contribution in [0.25, 0.3) is 39.0 Å². The molecule has 4 nitrogen and oxygen atoms in total. The molecular formula is C30H12F2N4. The lowest BCUT2D eigenvalue weighted by Crippen LogP contribution is -1.93. The van der Waals surface area contributed by atoms with Gasteiger partial charge in [0.25, 0.3) is 0 Å². The van der Waals surface area contributed by atoms with Crippen LogP contribution in [0.15, 0.2) is 78.4 Å². The number of hydrogen-bond donors (Lipinski definition) is 0. The van der Waals surface area contributed by atoms with Crippen LogP contribution in [0.3, 0.4) is 0 Å². The normalized spacial score (nSPS) is 10.9. The molecule has 0 heterocycles. The van der Waals surface area contributed by atoms with Crippen LogP contribution >= 0.6 is 0 Å². The molecule has 1 aliphatic rings. The fourth-order valence-corrected chi connectivity index (χ4v) is 4.60. The maximum Gasteiger partial charge on any atom is 0.138 e. The zero-order valence-corrected chi connectivity index (χ0v) is 18.5. The van der Waals surface area contributed by atoms with E-state index >= 15 is 0 Å². The zero-order valence-electron chi connectivity index (χ0n) is 18.5. The van der Waals surface area contributed by atoms with Gasteiger partial charge in [0, 0.05) is 27.8 Å². The van der Waals surface area contributed by atoms with Crippen molar-refractivity contribution < 1.29 is 8.78 Å². The van der Waals surface area contributed by atoms with Crippen LogP contribution in [0.5, 0.6) is 0 Å². The molecule has 0 saturated heterocycles. The SMILES string of the molecule is N#CC(C#N)=C1c2cc(C#N)c(-c3ccccc3F)cc2-c2cc(-c3ccccc3F)c(C#N)cc21. The molecule has 4 aromatic rings. The molecule has 0 aromatic heterocycles. The molecule has 0 N–H and O–H groups in total. The van der Waals surface area contributed by atoms with Gasteiger partial charge in [0.05, 0.1) is 23.3 Å². The Morgan fingerprint density at radius 3 is 1.28 bits per heavy atom. The number of halogens is 2. The third-order valence-electron chi connectivity index (χ3n) is 6.19. The van der Waals surface area contributed by atoms with E-state index in [1.807, 2.05) is 12.1 Å². The average Bonchev–Trinajstić information content (AvgIpc) is 3.21. The first kappa shape index (κ1) is 22.2. The monoisotopic (exact) mass is 466 g/mol. The quantitative estimate of drug-likeness (QED) is 0.265. The van der Waals surface area contributed by atoms with E-state index in [9.17, 15) is 29.8 Å². The minimum Gasteiger partial charge on any atom is -0.206 e. The van der Waals surface area contributed by atoms with Gasteiger partial charge in [-0.05, 0) is 58.7 Å². The molecule has 5 rings (SSSR count). The van der Waals surface area contributed by atoms with Gasteiger partial charge in [-0.25, -0.2) is 8.78 Å². The number of fused-ring (bicyclic) bond motifs is 3. The van der Waals surface area contributed by atoms with Gasteiger partial charge in [-0.15, -0.1) is 0 Å². The van der Waals surface area contributed by atoms with Crippen LogP contribution < -0.4 is 0 Å². The molecule has 1 aliphatic carbocycles. The van der Waals surface area contributed by atoms with Crippen LogP contribution in [0, 0.1) is 57.0 Å². The molecule has 0 saturated carbocycles. The fraction of sp³-hybridized carbons (Fsp3) is 0. The summed E-state index contributed by atoms with van der Waals surface area (Å²) in [5.74, 6) is -1.02. The van der Waals surface area contributed by atoms with E-state index in [1.54, 1.807) is 48.5 Å². The van der Waals surface area contributed by atoms with Gasteiger partial charge in [0.1, 0.15) is 29.3 Å². The highest BCUT2D eigenvalue weighted by atomic mass is 19.1. The summed E-state index contributed by atoms with van der Waals surface area (Å²) in [6.45, 7) is 0. The minimum absolute atomic E-state index is 0.161. The highest BCUT2D eigenvalue weighted by Gasteiger charge is 2.30. The topological polar surface area (TPSA) is 95.2 Å². The fourth-order valence-electron chi connectivity index (χ4n) is 4.60. The van der Waals surface area contributed by atoms with E-state index in [0.717, 1.165) is 0 Å². The first-order chi connectivity index (χ1) is 17.5. The summed E-state index contributed by atoms with van der Waals surface area (Å²) in [4.78, 5) is 0. The van der Waals surface area contributed by atoms with Gasteiger partial charge in [-0.3, -0.25) is 0 Å². The van der Waals surface area contributed by atoms with Crippen molar-refractivity contribution in [1.29, 1.82) is 21.0 Å². The lowest BCUT2D eigenvalue weighted by molar-refractivity contribution is 0.631. The van der Waals surface area contributed by atoms with E-state index in [0.29, 0.717) is 33.4 Å². The second-order valence-electron chi connectivity index (χ2n) is 8.04. The van der Waals surface area contributed by atoms with E-state index in [2.05, 4.69) is 12.1 Å². The van der Waals surface area contributed by atoms with Gasteiger partial charge in [-0.2, -0.15) is 21.0 Å². The Bertz CT molecular complexity index is 1670. The molecule has 0 radical (unpaired) electrons. The molecule has 0 spiro atoms. The molecule has 0 fully saturated rings. The smallest absolute Gasteiger partial charge is 0.138 e. The van der Waals surface area contributed by atoms with Crippen LogP contribution in [0.4, 0.5) is 8.78 Å². The van der Waals surface area contributed by atoms with Crippen LogP contribution in [0.1, 0.15) is 22.3 Å². The second-order valence-corrected chi connectivity index (χ2v) is 8.04. The standard InChI is InChI=1S/C30H12F2N4/c31-28-7-3-1-5-20(28)22-11-24-25-12-23(21-6-2-4-8-29(21)32)18(14-34)10-27(25)30(19(15-35)16-36)26(24)9-17(22)13-33/h1-12H. The van der Waals surface area contributed by atoms with Crippen molar-refractivity contribution in [2.45, 2.75) is 0 Å². The first-order valence-corrected chi connectivity index (χ1v) is 10.7. The number of hydrogen-bond acceptors (Lipinski definition) is 4. The second kappa shape index (κ2) is 8.66. The molecule has 6 heteroatoms. The van der Waals surface area contributed by atoms with Crippen molar-refractivity contribution in [2.75, 3.05) is 0 Å². The third-order valence-corrected chi connectivity index (χ3v) is 6.19. The van der Waals surface area contributed by atoms with E-state index in [4.69, 9.17) is 0 Å². The first-order valence-electron chi connectivity index (χ1n) is 10.7. The summed E-state index contributed by atoms with van der Waals surface area (Å²) in [6, 6.07) is 26.4. The number of allylic oxidation sites excluding steroid dienone is 1. The molecule has 36 heavy (non-hydrogen) atoms. The highest BCUT2D eigenvalue weighted by Crippen LogP contribution is 2.50. The lowest BCUT2D eigenvalue weighted by atomic mass is 9.91. The Hall–Kier alpha value is -5.56. The number of nitriles is 4. The van der Waals surface area contributed by atoms with E-state index in [-0.39, 0.29) is 33.4 Å². The molecule has 4 aromatic carbocycles. The number of nitrogens with zero attached hydrogens (tertiary/aromatic N) is 4. The average molecular weight is 466 g/mol. The van der Waals surface area contributed by atoms with Gasteiger partial charge < -0.3 is 0 Å². The van der Waals surface area contributed by atoms with E-state index in [1.165, 1.54) is 24.3 Å². The summed E-state index contributed by atoms with van der Waals surface area (Å²) in [7, 11) is 0. The Balaban J connectivity index is 1.91. The Morgan fingerprint density at radius 2 is 0.917 bits per heavy atom. The molecular weight excluding hydrogens is 454 g/mol. The minimum atomic E-state index is -0.510. The van der Waals surface area contributed by atoms with Crippen molar-refractivity contribution in [2.24, 2.45) is 0 Å². The van der Waals surface area contributed by atoms with Crippen LogP contribution in [-0.2, 0) is 0 Å². The lowest BCUT2D eigenvalue weighted by Gasteiger charge is -2.11. The van der Waals surface area contributed by atoms with Crippen LogP contribution in [0.2, 0.25) is 0 Å². The van der Waals surface area contributed by atoms with Crippen molar-refractivity contribution in [1.82, 2.24) is 0 Å². The van der Waals surface area contributed by atoms with Gasteiger partial charge >= 0.3 is 0 Å². The van der Waals surface area contributed by atoms with Crippen molar-refractivity contribution in [3.8, 4) is 57.7 Å². The summed E-state index contributed by atoms with van der Waals surface area (Å²) in [6.07, 6.45) is 0.